The highest BCUT2D eigenvalue weighted by atomic mass is 35.5. The van der Waals surface area contributed by atoms with E-state index in [0.717, 1.165) is 0 Å². The van der Waals surface area contributed by atoms with Gasteiger partial charge in [0.2, 0.25) is 5.28 Å². The van der Waals surface area contributed by atoms with Crippen molar-refractivity contribution in [2.24, 2.45) is 0 Å². The Morgan fingerprint density at radius 2 is 2.12 bits per heavy atom. The lowest BCUT2D eigenvalue weighted by Crippen LogP contribution is -2.58. The number of halogens is 5. The van der Waals surface area contributed by atoms with Gasteiger partial charge in [-0.1, -0.05) is 11.6 Å². The summed E-state index contributed by atoms with van der Waals surface area (Å²) in [5.74, 6) is -4.32. The molecule has 12 heteroatoms. The molecular weight excluding hydrogens is 386 g/mol. The smallest absolute Gasteiger partial charge is 0.405 e. The molecule has 134 valence electrons. The van der Waals surface area contributed by atoms with Crippen LogP contribution in [0.1, 0.15) is 6.42 Å². The number of rotatable bonds is 2. The van der Waals surface area contributed by atoms with E-state index in [0.29, 0.717) is 0 Å². The Bertz CT molecular complexity index is 854. The summed E-state index contributed by atoms with van der Waals surface area (Å²) in [7, 11) is 0. The third-order valence-corrected chi connectivity index (χ3v) is 4.22. The van der Waals surface area contributed by atoms with Gasteiger partial charge in [-0.25, -0.2) is 27.9 Å². The standard InChI is InChI=1S/C13H10Cl2F3N5O2/c14-9-7(16)8-5(3-19-9)10(22-11(15)21-8)23-2-1-6(20-12(24)25)13(17,18)4-23/h3,6,20H,1-2,4H2,(H,24,25). The first-order valence-electron chi connectivity index (χ1n) is 6.98. The molecular formula is C13H10Cl2F3N5O2. The molecule has 2 aromatic rings. The van der Waals surface area contributed by atoms with Crippen LogP contribution in [0.15, 0.2) is 6.20 Å². The zero-order valence-electron chi connectivity index (χ0n) is 12.3. The van der Waals surface area contributed by atoms with E-state index in [1.165, 1.54) is 11.1 Å². The fourth-order valence-corrected chi connectivity index (χ4v) is 2.98. The Morgan fingerprint density at radius 1 is 1.40 bits per heavy atom. The van der Waals surface area contributed by atoms with Crippen molar-refractivity contribution in [2.75, 3.05) is 18.0 Å². The predicted molar refractivity (Wildman–Crippen MR) is 84.0 cm³/mol. The number of alkyl halides is 2. The van der Waals surface area contributed by atoms with Gasteiger partial charge in [0.25, 0.3) is 5.92 Å². The van der Waals surface area contributed by atoms with Crippen molar-refractivity contribution in [3.63, 3.8) is 0 Å². The molecule has 0 aliphatic carbocycles. The van der Waals surface area contributed by atoms with Gasteiger partial charge in [0.15, 0.2) is 11.0 Å². The average molecular weight is 396 g/mol. The van der Waals surface area contributed by atoms with Crippen molar-refractivity contribution in [3.8, 4) is 0 Å². The Balaban J connectivity index is 2.00. The van der Waals surface area contributed by atoms with Gasteiger partial charge < -0.3 is 15.3 Å². The molecule has 3 heterocycles. The number of nitrogens with one attached hydrogen (secondary N) is 1. The van der Waals surface area contributed by atoms with Gasteiger partial charge in [-0.3, -0.25) is 0 Å². The number of carbonyl (C=O) groups is 1. The summed E-state index contributed by atoms with van der Waals surface area (Å²) in [5.41, 5.74) is -0.232. The van der Waals surface area contributed by atoms with E-state index in [9.17, 15) is 18.0 Å². The lowest BCUT2D eigenvalue weighted by atomic mass is 10.0. The molecule has 1 aliphatic rings. The number of pyridine rings is 1. The van der Waals surface area contributed by atoms with Gasteiger partial charge in [-0.2, -0.15) is 4.98 Å². The van der Waals surface area contributed by atoms with E-state index < -0.39 is 35.6 Å². The van der Waals surface area contributed by atoms with Crippen LogP contribution in [-0.4, -0.2) is 51.2 Å². The second-order valence-corrected chi connectivity index (χ2v) is 6.11. The van der Waals surface area contributed by atoms with Gasteiger partial charge in [0, 0.05) is 12.7 Å². The molecule has 1 saturated heterocycles. The monoisotopic (exact) mass is 395 g/mol. The second kappa shape index (κ2) is 6.34. The first kappa shape index (κ1) is 17.7. The number of piperidine rings is 1. The van der Waals surface area contributed by atoms with Crippen LogP contribution in [0.4, 0.5) is 23.8 Å². The van der Waals surface area contributed by atoms with Crippen molar-refractivity contribution >= 4 is 46.0 Å². The molecule has 7 nitrogen and oxygen atoms in total. The first-order valence-corrected chi connectivity index (χ1v) is 7.74. The molecule has 0 bridgehead atoms. The number of anilines is 1. The van der Waals surface area contributed by atoms with Crippen molar-refractivity contribution in [2.45, 2.75) is 18.4 Å². The number of amides is 1. The molecule has 1 amide bonds. The minimum absolute atomic E-state index is 0.0217. The average Bonchev–Trinajstić information content (AvgIpc) is 2.52. The third-order valence-electron chi connectivity index (χ3n) is 3.79. The highest BCUT2D eigenvalue weighted by Gasteiger charge is 2.46. The molecule has 1 fully saturated rings. The summed E-state index contributed by atoms with van der Waals surface area (Å²) in [5, 5.41) is 9.77. The van der Waals surface area contributed by atoms with Crippen LogP contribution in [0.2, 0.25) is 10.4 Å². The zero-order valence-corrected chi connectivity index (χ0v) is 13.8. The van der Waals surface area contributed by atoms with E-state index >= 15 is 0 Å². The van der Waals surface area contributed by atoms with Gasteiger partial charge in [-0.15, -0.1) is 0 Å². The number of hydrogen-bond donors (Lipinski definition) is 2. The number of nitrogens with zero attached hydrogens (tertiary/aromatic N) is 4. The van der Waals surface area contributed by atoms with Crippen molar-refractivity contribution in [3.05, 3.63) is 22.5 Å². The number of hydrogen-bond acceptors (Lipinski definition) is 5. The molecule has 0 spiro atoms. The van der Waals surface area contributed by atoms with Crippen LogP contribution in [0.3, 0.4) is 0 Å². The molecule has 0 radical (unpaired) electrons. The van der Waals surface area contributed by atoms with E-state index in [2.05, 4.69) is 15.0 Å². The minimum atomic E-state index is -3.36. The van der Waals surface area contributed by atoms with E-state index in [1.807, 2.05) is 0 Å². The quantitative estimate of drug-likeness (QED) is 0.599. The molecule has 1 aliphatic heterocycles. The van der Waals surface area contributed by atoms with E-state index in [1.54, 1.807) is 5.32 Å². The van der Waals surface area contributed by atoms with Gasteiger partial charge in [0.1, 0.15) is 11.3 Å². The van der Waals surface area contributed by atoms with Crippen molar-refractivity contribution in [1.29, 1.82) is 0 Å². The maximum atomic E-state index is 14.3. The van der Waals surface area contributed by atoms with Crippen LogP contribution in [-0.2, 0) is 0 Å². The Hall–Kier alpha value is -2.07. The lowest BCUT2D eigenvalue weighted by Gasteiger charge is -2.38. The summed E-state index contributed by atoms with van der Waals surface area (Å²) in [6.07, 6.45) is -0.535. The Labute approximate surface area is 148 Å². The highest BCUT2D eigenvalue weighted by Crippen LogP contribution is 2.34. The largest absolute Gasteiger partial charge is 0.465 e. The van der Waals surface area contributed by atoms with Crippen LogP contribution in [0.25, 0.3) is 10.9 Å². The van der Waals surface area contributed by atoms with E-state index in [-0.39, 0.29) is 35.0 Å². The van der Waals surface area contributed by atoms with Gasteiger partial charge in [0.05, 0.1) is 18.0 Å². The molecule has 1 atom stereocenters. The Kier molecular flexibility index (Phi) is 4.50. The molecule has 0 aromatic carbocycles. The molecule has 2 N–H and O–H groups in total. The van der Waals surface area contributed by atoms with Crippen LogP contribution in [0.5, 0.6) is 0 Å². The second-order valence-electron chi connectivity index (χ2n) is 5.41. The lowest BCUT2D eigenvalue weighted by molar-refractivity contribution is -0.0408. The summed E-state index contributed by atoms with van der Waals surface area (Å²) in [4.78, 5) is 23.1. The highest BCUT2D eigenvalue weighted by molar-refractivity contribution is 6.30. The fraction of sp³-hybridized carbons (Fsp3) is 0.385. The minimum Gasteiger partial charge on any atom is -0.465 e. The van der Waals surface area contributed by atoms with Crippen molar-refractivity contribution < 1.29 is 23.1 Å². The summed E-state index contributed by atoms with van der Waals surface area (Å²) in [6, 6.07) is -1.53. The van der Waals surface area contributed by atoms with Crippen LogP contribution in [0, 0.1) is 5.82 Å². The molecule has 1 unspecified atom stereocenters. The zero-order chi connectivity index (χ0) is 18.4. The molecule has 3 rings (SSSR count). The number of carboxylic acid groups (broad SMARTS) is 1. The third kappa shape index (κ3) is 3.36. The van der Waals surface area contributed by atoms with Gasteiger partial charge >= 0.3 is 6.09 Å². The molecule has 2 aromatic heterocycles. The summed E-state index contributed by atoms with van der Waals surface area (Å²) >= 11 is 11.4. The van der Waals surface area contributed by atoms with Crippen LogP contribution < -0.4 is 10.2 Å². The summed E-state index contributed by atoms with van der Waals surface area (Å²) < 4.78 is 42.6. The van der Waals surface area contributed by atoms with Crippen LogP contribution >= 0.6 is 23.2 Å². The number of aromatic nitrogens is 3. The first-order chi connectivity index (χ1) is 11.7. The Morgan fingerprint density at radius 3 is 2.76 bits per heavy atom. The predicted octanol–water partition coefficient (Wildman–Crippen LogP) is 2.95. The maximum Gasteiger partial charge on any atom is 0.405 e. The van der Waals surface area contributed by atoms with Gasteiger partial charge in [-0.05, 0) is 18.0 Å². The van der Waals surface area contributed by atoms with Crippen molar-refractivity contribution in [1.82, 2.24) is 20.3 Å². The van der Waals surface area contributed by atoms with E-state index in [4.69, 9.17) is 28.3 Å². The molecule has 0 saturated carbocycles. The summed E-state index contributed by atoms with van der Waals surface area (Å²) in [6.45, 7) is -0.780. The fourth-order valence-electron chi connectivity index (χ4n) is 2.68. The topological polar surface area (TPSA) is 91.2 Å². The molecule has 25 heavy (non-hydrogen) atoms. The normalized spacial score (nSPS) is 19.9. The SMILES string of the molecule is O=C(O)NC1CCN(c2nc(Cl)nc3c(F)c(Cl)ncc23)CC1(F)F. The number of fused-ring (bicyclic) bond motifs is 1. The maximum absolute atomic E-state index is 14.3.